The van der Waals surface area contributed by atoms with Crippen LogP contribution in [0.1, 0.15) is 13.8 Å². The summed E-state index contributed by atoms with van der Waals surface area (Å²) in [6, 6.07) is 3.49. The molecular weight excluding hydrogens is 264 g/mol. The lowest BCUT2D eigenvalue weighted by Gasteiger charge is -2.08. The largest absolute Gasteiger partial charge is 0.298 e. The van der Waals surface area contributed by atoms with Gasteiger partial charge in [-0.05, 0) is 26.0 Å². The van der Waals surface area contributed by atoms with Crippen LogP contribution in [0.5, 0.6) is 0 Å². The summed E-state index contributed by atoms with van der Waals surface area (Å²) < 4.78 is 1.72. The predicted molar refractivity (Wildman–Crippen MR) is 70.2 cm³/mol. The van der Waals surface area contributed by atoms with Gasteiger partial charge in [0.15, 0.2) is 17.4 Å². The molecule has 0 fully saturated rings. The van der Waals surface area contributed by atoms with Crippen molar-refractivity contribution in [2.45, 2.75) is 24.1 Å². The smallest absolute Gasteiger partial charge is 0.160 e. The summed E-state index contributed by atoms with van der Waals surface area (Å²) in [6.07, 6.45) is 5.02. The second-order valence-corrected chi connectivity index (χ2v) is 5.04. The van der Waals surface area contributed by atoms with E-state index < -0.39 is 5.25 Å². The van der Waals surface area contributed by atoms with Crippen LogP contribution < -0.4 is 0 Å². The van der Waals surface area contributed by atoms with Crippen LogP contribution in [-0.2, 0) is 9.59 Å². The minimum absolute atomic E-state index is 0.182. The third-order valence-electron chi connectivity index (χ3n) is 2.37. The molecule has 6 nitrogen and oxygen atoms in total. The maximum Gasteiger partial charge on any atom is 0.160 e. The Bertz CT molecular complexity index is 566. The number of aromatic nitrogens is 4. The van der Waals surface area contributed by atoms with Crippen LogP contribution in [0.15, 0.2) is 35.9 Å². The fourth-order valence-electron chi connectivity index (χ4n) is 1.48. The standard InChI is InChI=1S/C12H12N4O2S/c1-8(17)12(9(2)18)19-11-4-3-10(14-15-11)16-6-5-13-7-16/h3-7,12H,1-2H3. The Kier molecular flexibility index (Phi) is 4.06. The van der Waals surface area contributed by atoms with Gasteiger partial charge in [0.05, 0.1) is 0 Å². The number of carbonyl (C=O) groups excluding carboxylic acids is 2. The Labute approximate surface area is 114 Å². The molecule has 0 saturated heterocycles. The van der Waals surface area contributed by atoms with Crippen LogP contribution in [0.4, 0.5) is 0 Å². The van der Waals surface area contributed by atoms with E-state index in [1.807, 2.05) is 0 Å². The summed E-state index contributed by atoms with van der Waals surface area (Å²) in [5.74, 6) is 0.264. The van der Waals surface area contributed by atoms with Crippen molar-refractivity contribution in [3.63, 3.8) is 0 Å². The summed E-state index contributed by atoms with van der Waals surface area (Å²) in [5, 5.41) is 7.85. The van der Waals surface area contributed by atoms with Gasteiger partial charge in [0.2, 0.25) is 0 Å². The van der Waals surface area contributed by atoms with Gasteiger partial charge in [0.1, 0.15) is 16.6 Å². The first-order chi connectivity index (χ1) is 9.08. The van der Waals surface area contributed by atoms with E-state index in [9.17, 15) is 9.59 Å². The van der Waals surface area contributed by atoms with E-state index in [2.05, 4.69) is 15.2 Å². The maximum absolute atomic E-state index is 11.3. The number of hydrogen-bond acceptors (Lipinski definition) is 6. The number of hydrogen-bond donors (Lipinski definition) is 0. The number of rotatable bonds is 5. The SMILES string of the molecule is CC(=O)C(Sc1ccc(-n2ccnc2)nn1)C(C)=O. The van der Waals surface area contributed by atoms with Crippen LogP contribution in [0.3, 0.4) is 0 Å². The van der Waals surface area contributed by atoms with Crippen molar-refractivity contribution in [3.8, 4) is 5.82 Å². The highest BCUT2D eigenvalue weighted by Crippen LogP contribution is 2.22. The average molecular weight is 276 g/mol. The first-order valence-electron chi connectivity index (χ1n) is 5.57. The molecule has 2 heterocycles. The van der Waals surface area contributed by atoms with Crippen molar-refractivity contribution in [1.82, 2.24) is 19.7 Å². The van der Waals surface area contributed by atoms with Gasteiger partial charge in [-0.2, -0.15) is 0 Å². The highest BCUT2D eigenvalue weighted by molar-refractivity contribution is 8.01. The van der Waals surface area contributed by atoms with Crippen LogP contribution in [0, 0.1) is 0 Å². The fourth-order valence-corrected chi connectivity index (χ4v) is 2.29. The molecule has 0 amide bonds. The van der Waals surface area contributed by atoms with Gasteiger partial charge >= 0.3 is 0 Å². The molecule has 0 saturated carbocycles. The molecule has 0 aliphatic heterocycles. The number of ketones is 2. The summed E-state index contributed by atoms with van der Waals surface area (Å²) in [5.41, 5.74) is 0. The van der Waals surface area contributed by atoms with E-state index in [1.165, 1.54) is 13.8 Å². The molecule has 0 aliphatic carbocycles. The van der Waals surface area contributed by atoms with Crippen molar-refractivity contribution < 1.29 is 9.59 Å². The van der Waals surface area contributed by atoms with Crippen molar-refractivity contribution >= 4 is 23.3 Å². The van der Waals surface area contributed by atoms with E-state index in [1.54, 1.807) is 35.4 Å². The van der Waals surface area contributed by atoms with E-state index in [0.29, 0.717) is 10.8 Å². The Morgan fingerprint density at radius 1 is 1.21 bits per heavy atom. The van der Waals surface area contributed by atoms with Gasteiger partial charge in [0.25, 0.3) is 0 Å². The van der Waals surface area contributed by atoms with Crippen molar-refractivity contribution in [2.75, 3.05) is 0 Å². The molecule has 0 radical (unpaired) electrons. The zero-order valence-electron chi connectivity index (χ0n) is 10.5. The topological polar surface area (TPSA) is 77.7 Å². The van der Waals surface area contributed by atoms with Crippen LogP contribution in [0.2, 0.25) is 0 Å². The molecule has 2 aromatic rings. The minimum atomic E-state index is -0.714. The number of imidazole rings is 1. The zero-order valence-corrected chi connectivity index (χ0v) is 11.3. The molecule has 2 aromatic heterocycles. The van der Waals surface area contributed by atoms with Crippen molar-refractivity contribution in [3.05, 3.63) is 30.9 Å². The minimum Gasteiger partial charge on any atom is -0.298 e. The van der Waals surface area contributed by atoms with Crippen LogP contribution in [-0.4, -0.2) is 36.6 Å². The van der Waals surface area contributed by atoms with E-state index in [4.69, 9.17) is 0 Å². The Balaban J connectivity index is 2.15. The van der Waals surface area contributed by atoms with Gasteiger partial charge in [-0.3, -0.25) is 14.2 Å². The van der Waals surface area contributed by atoms with Gasteiger partial charge in [-0.1, -0.05) is 11.8 Å². The molecule has 0 N–H and O–H groups in total. The van der Waals surface area contributed by atoms with Crippen LogP contribution in [0.25, 0.3) is 5.82 Å². The lowest BCUT2D eigenvalue weighted by Crippen LogP contribution is -2.22. The molecule has 2 rings (SSSR count). The molecule has 0 atom stereocenters. The van der Waals surface area contributed by atoms with Crippen LogP contribution >= 0.6 is 11.8 Å². The second-order valence-electron chi connectivity index (χ2n) is 3.92. The molecule has 7 heteroatoms. The third-order valence-corrected chi connectivity index (χ3v) is 3.73. The van der Waals surface area contributed by atoms with Gasteiger partial charge < -0.3 is 0 Å². The van der Waals surface area contributed by atoms with E-state index >= 15 is 0 Å². The summed E-state index contributed by atoms with van der Waals surface area (Å²) in [6.45, 7) is 2.79. The Hall–Kier alpha value is -2.02. The summed E-state index contributed by atoms with van der Waals surface area (Å²) in [7, 11) is 0. The van der Waals surface area contributed by atoms with Gasteiger partial charge in [-0.25, -0.2) is 4.98 Å². The predicted octanol–water partition coefficient (Wildman–Crippen LogP) is 1.30. The molecule has 0 bridgehead atoms. The molecule has 98 valence electrons. The molecule has 0 aliphatic rings. The highest BCUT2D eigenvalue weighted by atomic mass is 32.2. The quantitative estimate of drug-likeness (QED) is 0.605. The molecular formula is C12H12N4O2S. The molecule has 0 aromatic carbocycles. The van der Waals surface area contributed by atoms with Crippen molar-refractivity contribution in [1.29, 1.82) is 0 Å². The van der Waals surface area contributed by atoms with Gasteiger partial charge in [0, 0.05) is 12.4 Å². The number of thioether (sulfide) groups is 1. The van der Waals surface area contributed by atoms with E-state index in [-0.39, 0.29) is 11.6 Å². The lowest BCUT2D eigenvalue weighted by atomic mass is 10.2. The summed E-state index contributed by atoms with van der Waals surface area (Å²) in [4.78, 5) is 26.6. The number of nitrogens with zero attached hydrogens (tertiary/aromatic N) is 4. The van der Waals surface area contributed by atoms with E-state index in [0.717, 1.165) is 11.8 Å². The molecule has 0 unspecified atom stereocenters. The lowest BCUT2D eigenvalue weighted by molar-refractivity contribution is -0.123. The highest BCUT2D eigenvalue weighted by Gasteiger charge is 2.21. The van der Waals surface area contributed by atoms with Gasteiger partial charge in [-0.15, -0.1) is 10.2 Å². The number of carbonyl (C=O) groups is 2. The summed E-state index contributed by atoms with van der Waals surface area (Å²) >= 11 is 1.11. The van der Waals surface area contributed by atoms with Crippen molar-refractivity contribution in [2.24, 2.45) is 0 Å². The Morgan fingerprint density at radius 3 is 2.42 bits per heavy atom. The number of Topliss-reactive ketones (excluding diaryl/α,β-unsaturated/α-hetero) is 2. The first-order valence-corrected chi connectivity index (χ1v) is 6.45. The fraction of sp³-hybridized carbons (Fsp3) is 0.250. The maximum atomic E-state index is 11.3. The third kappa shape index (κ3) is 3.25. The normalized spacial score (nSPS) is 10.7. The first kappa shape index (κ1) is 13.4. The molecule has 0 spiro atoms. The average Bonchev–Trinajstić information content (AvgIpc) is 2.89. The monoisotopic (exact) mass is 276 g/mol. The Morgan fingerprint density at radius 2 is 1.95 bits per heavy atom. The molecule has 19 heavy (non-hydrogen) atoms. The second kappa shape index (κ2) is 5.75. The zero-order chi connectivity index (χ0) is 13.8.